The van der Waals surface area contributed by atoms with Crippen LogP contribution in [-0.4, -0.2) is 35.9 Å². The number of aromatic nitrogens is 1. The van der Waals surface area contributed by atoms with Gasteiger partial charge in [0.05, 0.1) is 5.52 Å². The number of fused-ring (bicyclic) bond motifs is 3. The molecule has 4 aromatic rings. The van der Waals surface area contributed by atoms with E-state index in [1.54, 1.807) is 0 Å². The summed E-state index contributed by atoms with van der Waals surface area (Å²) in [7, 11) is 0. The lowest BCUT2D eigenvalue weighted by atomic mass is 10.0. The monoisotopic (exact) mass is 388 g/mol. The lowest BCUT2D eigenvalue weighted by Gasteiger charge is -2.14. The molecule has 1 heterocycles. The van der Waals surface area contributed by atoms with Crippen LogP contribution in [-0.2, 0) is 6.42 Å². The number of ether oxygens (including phenoxy) is 1. The smallest absolute Gasteiger partial charge is 0.129 e. The topological polar surface area (TPSA) is 57.3 Å². The van der Waals surface area contributed by atoms with Crippen LogP contribution in [0.2, 0.25) is 0 Å². The predicted molar refractivity (Wildman–Crippen MR) is 120 cm³/mol. The Kier molecular flexibility index (Phi) is 6.13. The Morgan fingerprint density at radius 3 is 2.66 bits per heavy atom. The molecule has 29 heavy (non-hydrogen) atoms. The molecule has 3 aromatic carbocycles. The van der Waals surface area contributed by atoms with Gasteiger partial charge in [0.15, 0.2) is 0 Å². The van der Waals surface area contributed by atoms with Gasteiger partial charge in [-0.25, -0.2) is 0 Å². The van der Waals surface area contributed by atoms with Crippen molar-refractivity contribution in [1.82, 2.24) is 10.3 Å². The van der Waals surface area contributed by atoms with Crippen molar-refractivity contribution in [3.05, 3.63) is 77.9 Å². The number of benzene rings is 3. The lowest BCUT2D eigenvalue weighted by Crippen LogP contribution is -2.32. The van der Waals surface area contributed by atoms with Gasteiger partial charge in [-0.1, -0.05) is 48.5 Å². The second-order valence-electron chi connectivity index (χ2n) is 7.55. The molecule has 3 N–H and O–H groups in total. The molecule has 0 bridgehead atoms. The highest BCUT2D eigenvalue weighted by Gasteiger charge is 2.11. The third-order valence-electron chi connectivity index (χ3n) is 5.36. The number of hydrogen-bond donors (Lipinski definition) is 3. The first-order valence-electron chi connectivity index (χ1n) is 10.3. The highest BCUT2D eigenvalue weighted by Crippen LogP contribution is 2.32. The van der Waals surface area contributed by atoms with Crippen LogP contribution in [0, 0.1) is 6.92 Å². The van der Waals surface area contributed by atoms with Crippen molar-refractivity contribution >= 4 is 21.8 Å². The number of rotatable bonds is 9. The van der Waals surface area contributed by atoms with Gasteiger partial charge < -0.3 is 20.1 Å². The fourth-order valence-electron chi connectivity index (χ4n) is 3.80. The van der Waals surface area contributed by atoms with Crippen molar-refractivity contribution in [2.24, 2.45) is 0 Å². The van der Waals surface area contributed by atoms with Crippen molar-refractivity contribution in [2.75, 3.05) is 19.7 Å². The molecule has 1 unspecified atom stereocenters. The molecular formula is C25H28N2O2. The second kappa shape index (κ2) is 9.12. The van der Waals surface area contributed by atoms with E-state index in [4.69, 9.17) is 4.74 Å². The number of aliphatic hydroxyl groups is 1. The number of aliphatic hydroxyl groups excluding tert-OH is 1. The van der Waals surface area contributed by atoms with Crippen LogP contribution in [0.4, 0.5) is 0 Å². The molecule has 0 aliphatic heterocycles. The Balaban J connectivity index is 1.27. The summed E-state index contributed by atoms with van der Waals surface area (Å²) in [5, 5.41) is 15.9. The average molecular weight is 389 g/mol. The zero-order chi connectivity index (χ0) is 20.1. The van der Waals surface area contributed by atoms with Crippen molar-refractivity contribution in [3.8, 4) is 5.75 Å². The zero-order valence-electron chi connectivity index (χ0n) is 16.8. The van der Waals surface area contributed by atoms with Crippen LogP contribution in [0.1, 0.15) is 17.5 Å². The molecular weight excluding hydrogens is 360 g/mol. The highest BCUT2D eigenvalue weighted by molar-refractivity contribution is 6.10. The van der Waals surface area contributed by atoms with Crippen LogP contribution in [0.5, 0.6) is 5.75 Å². The first-order valence-corrected chi connectivity index (χ1v) is 10.3. The fraction of sp³-hybridized carbons (Fsp3) is 0.280. The van der Waals surface area contributed by atoms with Crippen LogP contribution in [0.15, 0.2) is 66.7 Å². The summed E-state index contributed by atoms with van der Waals surface area (Å²) in [5.41, 5.74) is 4.87. The molecule has 4 nitrogen and oxygen atoms in total. The summed E-state index contributed by atoms with van der Waals surface area (Å²) in [6, 6.07) is 22.7. The van der Waals surface area contributed by atoms with E-state index in [-0.39, 0.29) is 6.61 Å². The van der Waals surface area contributed by atoms with Crippen molar-refractivity contribution in [3.63, 3.8) is 0 Å². The number of aryl methyl sites for hydroxylation is 2. The third kappa shape index (κ3) is 4.61. The van der Waals surface area contributed by atoms with E-state index in [9.17, 15) is 5.11 Å². The molecule has 0 aliphatic carbocycles. The molecule has 0 spiro atoms. The third-order valence-corrected chi connectivity index (χ3v) is 5.36. The summed E-state index contributed by atoms with van der Waals surface area (Å²) >= 11 is 0. The highest BCUT2D eigenvalue weighted by atomic mass is 16.5. The summed E-state index contributed by atoms with van der Waals surface area (Å²) in [4.78, 5) is 3.42. The van der Waals surface area contributed by atoms with Gasteiger partial charge in [0.1, 0.15) is 18.5 Å². The number of para-hydroxylation sites is 1. The first-order chi connectivity index (χ1) is 14.2. The predicted octanol–water partition coefficient (Wildman–Crippen LogP) is 4.59. The summed E-state index contributed by atoms with van der Waals surface area (Å²) in [6.07, 6.45) is 1.55. The number of H-pyrrole nitrogens is 1. The average Bonchev–Trinajstić information content (AvgIpc) is 3.12. The maximum absolute atomic E-state index is 10.3. The van der Waals surface area contributed by atoms with Crippen molar-refractivity contribution in [2.45, 2.75) is 25.9 Å². The largest absolute Gasteiger partial charge is 0.490 e. The van der Waals surface area contributed by atoms with Gasteiger partial charge in [-0.2, -0.15) is 0 Å². The van der Waals surface area contributed by atoms with Gasteiger partial charge in [0, 0.05) is 22.8 Å². The van der Waals surface area contributed by atoms with Crippen molar-refractivity contribution < 1.29 is 9.84 Å². The Morgan fingerprint density at radius 1 is 0.966 bits per heavy atom. The van der Waals surface area contributed by atoms with E-state index in [2.05, 4.69) is 59.7 Å². The molecule has 4 heteroatoms. The van der Waals surface area contributed by atoms with Gasteiger partial charge in [0.2, 0.25) is 0 Å². The molecule has 0 amide bonds. The maximum Gasteiger partial charge on any atom is 0.129 e. The van der Waals surface area contributed by atoms with E-state index >= 15 is 0 Å². The summed E-state index contributed by atoms with van der Waals surface area (Å²) in [5.74, 6) is 0.804. The Labute approximate surface area is 171 Å². The van der Waals surface area contributed by atoms with Gasteiger partial charge in [0.25, 0.3) is 0 Å². The molecule has 0 saturated carbocycles. The van der Waals surface area contributed by atoms with E-state index in [1.165, 1.54) is 11.1 Å². The van der Waals surface area contributed by atoms with Gasteiger partial charge in [-0.3, -0.25) is 0 Å². The Morgan fingerprint density at radius 2 is 1.76 bits per heavy atom. The van der Waals surface area contributed by atoms with E-state index in [0.717, 1.165) is 46.9 Å². The fourth-order valence-corrected chi connectivity index (χ4v) is 3.80. The molecule has 4 rings (SSSR count). The zero-order valence-corrected chi connectivity index (χ0v) is 16.8. The number of nitrogens with one attached hydrogen (secondary N) is 2. The summed E-state index contributed by atoms with van der Waals surface area (Å²) < 4.78 is 5.98. The van der Waals surface area contributed by atoms with Crippen LogP contribution in [0.25, 0.3) is 21.8 Å². The molecule has 150 valence electrons. The molecule has 0 radical (unpaired) electrons. The molecule has 1 atom stereocenters. The minimum atomic E-state index is -0.547. The van der Waals surface area contributed by atoms with Gasteiger partial charge in [-0.05, 0) is 55.6 Å². The minimum absolute atomic E-state index is 0.267. The molecule has 0 fully saturated rings. The van der Waals surface area contributed by atoms with Crippen molar-refractivity contribution in [1.29, 1.82) is 0 Å². The van der Waals surface area contributed by atoms with E-state index < -0.39 is 6.10 Å². The molecule has 0 aliphatic rings. The standard InChI is InChI=1S/C25H28N2O2/c1-18-8-2-3-9-19(18)10-7-15-26-16-20(28)17-29-24-14-6-13-23-25(24)21-11-4-5-12-22(21)27-23/h2-6,8-9,11-14,20,26-28H,7,10,15-17H2,1H3. The molecule has 1 aromatic heterocycles. The molecule has 0 saturated heterocycles. The Hall–Kier alpha value is -2.82. The number of hydrogen-bond acceptors (Lipinski definition) is 3. The quantitative estimate of drug-likeness (QED) is 0.368. The van der Waals surface area contributed by atoms with E-state index in [0.29, 0.717) is 6.54 Å². The minimum Gasteiger partial charge on any atom is -0.490 e. The van der Waals surface area contributed by atoms with Crippen LogP contribution in [0.3, 0.4) is 0 Å². The normalized spacial score (nSPS) is 12.5. The van der Waals surface area contributed by atoms with Gasteiger partial charge in [-0.15, -0.1) is 0 Å². The lowest BCUT2D eigenvalue weighted by molar-refractivity contribution is 0.107. The maximum atomic E-state index is 10.3. The number of aromatic amines is 1. The van der Waals surface area contributed by atoms with Gasteiger partial charge >= 0.3 is 0 Å². The SMILES string of the molecule is Cc1ccccc1CCCNCC(O)COc1cccc2[nH]c3ccccc3c12. The second-order valence-corrected chi connectivity index (χ2v) is 7.55. The van der Waals surface area contributed by atoms with Crippen LogP contribution >= 0.6 is 0 Å². The first kappa shape index (κ1) is 19.5. The summed E-state index contributed by atoms with van der Waals surface area (Å²) in [6.45, 7) is 3.82. The Bertz CT molecular complexity index is 1090. The van der Waals surface area contributed by atoms with Crippen LogP contribution < -0.4 is 10.1 Å². The van der Waals surface area contributed by atoms with E-state index in [1.807, 2.05) is 24.3 Å².